The van der Waals surface area contributed by atoms with Crippen LogP contribution in [0.25, 0.3) is 0 Å². The molecule has 16 atom stereocenters. The summed E-state index contributed by atoms with van der Waals surface area (Å²) in [6.45, 7) is 20.9. The number of aliphatic hydroxyl groups excluding tert-OH is 4. The van der Waals surface area contributed by atoms with Crippen LogP contribution < -0.4 is 0 Å². The Balaban J connectivity index is 0.000000373. The van der Waals surface area contributed by atoms with Gasteiger partial charge in [-0.25, -0.2) is 4.39 Å². The molecule has 4 aliphatic rings. The molecular formula is C40H80B2FIO8P4. The number of rotatable bonds is 12. The highest BCUT2D eigenvalue weighted by molar-refractivity contribution is 14.1. The standard InChI is InChI=1S/2C10H20BO2P.C10H20FO2P.C10H20IO2P/c2*1-7-9(12)8(13-10(7)11)5-6-14(2,3)4;2*1-7-9(11)10(12)8(13-7)5-6-14(2,3)4/h4*7-10,12H,2,5-6H2,1,3-4H3/t2*7-,8?,9+,10-;2*7-,8?,9-,10+/m1100/s1. The van der Waals surface area contributed by atoms with E-state index in [2.05, 4.69) is 101 Å². The number of aliphatic hydroxyl groups is 4. The van der Waals surface area contributed by atoms with E-state index in [1.54, 1.807) is 6.92 Å². The van der Waals surface area contributed by atoms with E-state index in [0.29, 0.717) is 0 Å². The smallest absolute Gasteiger partial charge is 0.154 e. The zero-order chi connectivity index (χ0) is 43.7. The molecule has 56 heavy (non-hydrogen) atoms. The SMILES string of the molecule is C=P(C)(C)CCC1O[C@@H](C)[C@H](F)[C@@H]1O.C=P(C)(C)CCC1O[C@@H](C)[C@H](I)[C@@H]1O.[B][C@@H]1OC(CCP(=C)(C)C)[C@@H](O)[C@H]1C.[B][C@@H]1OC(CCP(=C)(C)C)[C@@H](O)[C@H]1C. The summed E-state index contributed by atoms with van der Waals surface area (Å²) < 4.78 is 35.5. The molecule has 0 aliphatic carbocycles. The molecule has 0 aromatic carbocycles. The first-order valence-corrected chi connectivity index (χ1v) is 33.5. The van der Waals surface area contributed by atoms with Gasteiger partial charge in [-0.05, 0) is 117 Å². The second-order valence-electron chi connectivity index (χ2n) is 19.4. The van der Waals surface area contributed by atoms with Gasteiger partial charge in [0.25, 0.3) is 0 Å². The Morgan fingerprint density at radius 1 is 0.500 bits per heavy atom. The Kier molecular flexibility index (Phi) is 23.8. The zero-order valence-electron chi connectivity index (χ0n) is 36.8. The highest BCUT2D eigenvalue weighted by atomic mass is 127. The summed E-state index contributed by atoms with van der Waals surface area (Å²) in [4.78, 5) is 0. The molecule has 4 heterocycles. The molecule has 16 heteroatoms. The maximum Gasteiger partial charge on any atom is 0.154 e. The lowest BCUT2D eigenvalue weighted by Crippen LogP contribution is -2.28. The number of halogens is 2. The van der Waals surface area contributed by atoms with Crippen LogP contribution in [-0.2, 0) is 18.9 Å². The monoisotopic (exact) mass is 980 g/mol. The van der Waals surface area contributed by atoms with Gasteiger partial charge >= 0.3 is 0 Å². The molecular weight excluding hydrogens is 900 g/mol. The molecule has 328 valence electrons. The maximum atomic E-state index is 13.2. The molecule has 0 aromatic heterocycles. The summed E-state index contributed by atoms with van der Waals surface area (Å²) >= 11 is 2.28. The number of hydrogen-bond acceptors (Lipinski definition) is 8. The van der Waals surface area contributed by atoms with Crippen LogP contribution in [0.15, 0.2) is 0 Å². The van der Waals surface area contributed by atoms with Gasteiger partial charge in [-0.1, -0.05) is 36.4 Å². The Morgan fingerprint density at radius 3 is 0.964 bits per heavy atom. The van der Waals surface area contributed by atoms with Crippen LogP contribution >= 0.6 is 50.1 Å². The van der Waals surface area contributed by atoms with Crippen LogP contribution in [0.3, 0.4) is 0 Å². The maximum absolute atomic E-state index is 13.2. The third kappa shape index (κ3) is 20.7. The lowest BCUT2D eigenvalue weighted by Gasteiger charge is -2.19. The average molecular weight is 980 g/mol. The predicted molar refractivity (Wildman–Crippen MR) is 264 cm³/mol. The highest BCUT2D eigenvalue weighted by Crippen LogP contribution is 2.41. The van der Waals surface area contributed by atoms with Gasteiger partial charge in [0.15, 0.2) is 6.17 Å². The Bertz CT molecular complexity index is 1160. The molecule has 4 saturated heterocycles. The molecule has 4 N–H and O–H groups in total. The number of alkyl halides is 2. The minimum Gasteiger partial charge on any atom is -0.390 e. The van der Waals surface area contributed by atoms with Crippen molar-refractivity contribution >= 4 is 91.0 Å². The van der Waals surface area contributed by atoms with Gasteiger partial charge in [0.2, 0.25) is 0 Å². The van der Waals surface area contributed by atoms with E-state index in [-0.39, 0.29) is 64.4 Å². The third-order valence-electron chi connectivity index (χ3n) is 10.7. The largest absolute Gasteiger partial charge is 0.390 e. The quantitative estimate of drug-likeness (QED) is 0.0871. The summed E-state index contributed by atoms with van der Waals surface area (Å²) in [7, 11) is 11.4. The minimum atomic E-state index is -1.23. The second kappa shape index (κ2) is 23.9. The van der Waals surface area contributed by atoms with Crippen molar-refractivity contribution in [1.29, 1.82) is 0 Å². The first kappa shape index (κ1) is 55.7. The van der Waals surface area contributed by atoms with Gasteiger partial charge in [0.05, 0.1) is 58.9 Å². The van der Waals surface area contributed by atoms with Crippen LogP contribution in [0, 0.1) is 11.8 Å². The molecule has 0 spiro atoms. The first-order valence-electron chi connectivity index (χ1n) is 20.1. The van der Waals surface area contributed by atoms with Crippen molar-refractivity contribution < 1.29 is 43.8 Å². The molecule has 4 radical (unpaired) electrons. The van der Waals surface area contributed by atoms with Crippen LogP contribution in [0.5, 0.6) is 0 Å². The summed E-state index contributed by atoms with van der Waals surface area (Å²) in [5.41, 5.74) is 0. The van der Waals surface area contributed by atoms with Crippen molar-refractivity contribution in [2.24, 2.45) is 11.8 Å². The fourth-order valence-electron chi connectivity index (χ4n) is 6.57. The minimum absolute atomic E-state index is 0.0351. The number of hydrogen-bond donors (Lipinski definition) is 4. The van der Waals surface area contributed by atoms with Crippen LogP contribution in [0.1, 0.15) is 53.4 Å². The van der Waals surface area contributed by atoms with E-state index in [1.165, 1.54) is 0 Å². The van der Waals surface area contributed by atoms with E-state index in [4.69, 9.17) is 34.6 Å². The van der Waals surface area contributed by atoms with Crippen molar-refractivity contribution in [3.05, 3.63) is 0 Å². The van der Waals surface area contributed by atoms with Crippen molar-refractivity contribution in [1.82, 2.24) is 0 Å². The van der Waals surface area contributed by atoms with Crippen LogP contribution in [0.4, 0.5) is 4.39 Å². The average Bonchev–Trinajstić information content (AvgIpc) is 3.66. The van der Waals surface area contributed by atoms with Gasteiger partial charge in [0.1, 0.15) is 21.8 Å². The summed E-state index contributed by atoms with van der Waals surface area (Å²) in [5, 5.41) is 39.0. The van der Waals surface area contributed by atoms with E-state index in [0.717, 1.165) is 50.3 Å². The third-order valence-corrected chi connectivity index (χ3v) is 18.3. The molecule has 4 rings (SSSR count). The van der Waals surface area contributed by atoms with Crippen LogP contribution in [0.2, 0.25) is 0 Å². The zero-order valence-corrected chi connectivity index (χ0v) is 42.6. The van der Waals surface area contributed by atoms with Crippen molar-refractivity contribution in [2.45, 2.75) is 137 Å². The molecule has 0 amide bonds. The van der Waals surface area contributed by atoms with Crippen molar-refractivity contribution in [3.63, 3.8) is 0 Å². The van der Waals surface area contributed by atoms with Gasteiger partial charge < -0.3 is 39.4 Å². The Hall–Kier alpha value is 1.67. The van der Waals surface area contributed by atoms with Gasteiger partial charge in [-0.2, -0.15) is 0 Å². The van der Waals surface area contributed by atoms with Gasteiger partial charge in [-0.3, -0.25) is 0 Å². The Morgan fingerprint density at radius 2 is 0.768 bits per heavy atom. The topological polar surface area (TPSA) is 118 Å². The first-order chi connectivity index (χ1) is 25.2. The molecule has 0 bridgehead atoms. The molecule has 0 saturated carbocycles. The lowest BCUT2D eigenvalue weighted by molar-refractivity contribution is 0.0150. The summed E-state index contributed by atoms with van der Waals surface area (Å²) in [6.07, 6.45) is 20.0. The van der Waals surface area contributed by atoms with Crippen molar-refractivity contribution in [3.8, 4) is 0 Å². The van der Waals surface area contributed by atoms with E-state index in [1.807, 2.05) is 20.8 Å². The molecule has 4 unspecified atom stereocenters. The van der Waals surface area contributed by atoms with Gasteiger partial charge in [0, 0.05) is 23.8 Å². The highest BCUT2D eigenvalue weighted by Gasteiger charge is 2.42. The second-order valence-corrected chi connectivity index (χ2v) is 38.1. The Labute approximate surface area is 359 Å². The molecule has 4 aliphatic heterocycles. The summed E-state index contributed by atoms with van der Waals surface area (Å²) in [5.74, 6) is 0.0949. The van der Waals surface area contributed by atoms with Gasteiger partial charge in [-0.15, -0.1) is 52.7 Å². The fourth-order valence-corrected chi connectivity index (χ4v) is 11.0. The van der Waals surface area contributed by atoms with E-state index >= 15 is 0 Å². The van der Waals surface area contributed by atoms with Crippen LogP contribution in [-0.4, -0.2) is 222 Å². The lowest BCUT2D eigenvalue weighted by atomic mass is 9.86. The van der Waals surface area contributed by atoms with Crippen molar-refractivity contribution in [2.75, 3.05) is 78.0 Å². The molecule has 0 aromatic rings. The van der Waals surface area contributed by atoms with E-state index < -0.39 is 58.1 Å². The molecule has 8 nitrogen and oxygen atoms in total. The summed E-state index contributed by atoms with van der Waals surface area (Å²) in [6, 6.07) is -0.609. The molecule has 4 fully saturated rings. The predicted octanol–water partition coefficient (Wildman–Crippen LogP) is 5.56. The van der Waals surface area contributed by atoms with E-state index in [9.17, 15) is 24.8 Å². The number of ether oxygens (including phenoxy) is 4. The fraction of sp³-hybridized carbons (Fsp3) is 0.900. The normalized spacial score (nSPS) is 38.9.